The first kappa shape index (κ1) is 26.6. The first-order valence-electron chi connectivity index (χ1n) is 11.6. The molecule has 0 aliphatic carbocycles. The molecule has 11 heteroatoms. The fourth-order valence-electron chi connectivity index (χ4n) is 3.70. The molecule has 0 unspecified atom stereocenters. The topological polar surface area (TPSA) is 132 Å². The van der Waals surface area contributed by atoms with Crippen LogP contribution in [0.15, 0.2) is 60.7 Å². The zero-order valence-electron chi connectivity index (χ0n) is 20.1. The summed E-state index contributed by atoms with van der Waals surface area (Å²) in [5.74, 6) is -2.31. The quantitative estimate of drug-likeness (QED) is 0.395. The molecule has 36 heavy (non-hydrogen) atoms. The van der Waals surface area contributed by atoms with Crippen LogP contribution in [0.5, 0.6) is 0 Å². The fourth-order valence-corrected chi connectivity index (χ4v) is 3.70. The number of benzene rings is 2. The Bertz CT molecular complexity index is 1040. The van der Waals surface area contributed by atoms with Crippen molar-refractivity contribution in [3.8, 4) is 0 Å². The van der Waals surface area contributed by atoms with Crippen LogP contribution in [0.25, 0.3) is 0 Å². The van der Waals surface area contributed by atoms with Crippen molar-refractivity contribution in [3.63, 3.8) is 0 Å². The minimum Gasteiger partial charge on any atom is -0.481 e. The van der Waals surface area contributed by atoms with Gasteiger partial charge in [0.1, 0.15) is 12.7 Å². The summed E-state index contributed by atoms with van der Waals surface area (Å²) in [4.78, 5) is 51.0. The average Bonchev–Trinajstić information content (AvgIpc) is 2.87. The van der Waals surface area contributed by atoms with E-state index in [0.29, 0.717) is 6.61 Å². The van der Waals surface area contributed by atoms with Gasteiger partial charge in [0.25, 0.3) is 0 Å². The number of carbonyl (C=O) groups excluding carboxylic acids is 3. The van der Waals surface area contributed by atoms with Gasteiger partial charge in [-0.05, 0) is 11.1 Å². The highest BCUT2D eigenvalue weighted by molar-refractivity contribution is 5.92. The molecule has 0 saturated carbocycles. The molecule has 2 aromatic carbocycles. The molecule has 1 saturated heterocycles. The number of amides is 4. The second kappa shape index (κ2) is 13.2. The number of likely N-dealkylation sites (N-methyl/N-ethyl adjacent to an activating group) is 1. The van der Waals surface area contributed by atoms with Gasteiger partial charge in [0, 0.05) is 20.1 Å². The Kier molecular flexibility index (Phi) is 9.78. The normalized spacial score (nSPS) is 14.9. The lowest BCUT2D eigenvalue weighted by atomic mass is 10.1. The molecule has 1 aliphatic rings. The summed E-state index contributed by atoms with van der Waals surface area (Å²) in [5, 5.41) is 17.5. The molecular formula is C25H31N5O6. The summed E-state index contributed by atoms with van der Waals surface area (Å²) < 4.78 is 5.54. The zero-order chi connectivity index (χ0) is 25.9. The number of aliphatic carboxylic acids is 1. The van der Waals surface area contributed by atoms with Crippen molar-refractivity contribution in [2.45, 2.75) is 25.6 Å². The van der Waals surface area contributed by atoms with Gasteiger partial charge in [0.2, 0.25) is 11.8 Å². The summed E-state index contributed by atoms with van der Waals surface area (Å²) in [5.41, 5.74) is 1.89. The van der Waals surface area contributed by atoms with E-state index < -0.39 is 36.3 Å². The van der Waals surface area contributed by atoms with E-state index in [4.69, 9.17) is 4.74 Å². The van der Waals surface area contributed by atoms with Crippen molar-refractivity contribution in [2.75, 3.05) is 33.4 Å². The van der Waals surface area contributed by atoms with E-state index in [-0.39, 0.29) is 32.9 Å². The van der Waals surface area contributed by atoms with Gasteiger partial charge in [0.15, 0.2) is 0 Å². The predicted molar refractivity (Wildman–Crippen MR) is 130 cm³/mol. The Labute approximate surface area is 209 Å². The van der Waals surface area contributed by atoms with E-state index in [1.165, 1.54) is 10.0 Å². The van der Waals surface area contributed by atoms with E-state index in [1.54, 1.807) is 7.05 Å². The van der Waals surface area contributed by atoms with Gasteiger partial charge in [-0.2, -0.15) is 0 Å². The van der Waals surface area contributed by atoms with E-state index >= 15 is 0 Å². The Morgan fingerprint density at radius 1 is 1.00 bits per heavy atom. The number of rotatable bonds is 11. The highest BCUT2D eigenvalue weighted by atomic mass is 16.5. The van der Waals surface area contributed by atoms with Gasteiger partial charge in [-0.15, -0.1) is 0 Å². The molecule has 0 spiro atoms. The first-order valence-corrected chi connectivity index (χ1v) is 11.6. The van der Waals surface area contributed by atoms with E-state index in [0.717, 1.165) is 16.0 Å². The van der Waals surface area contributed by atoms with Crippen LogP contribution in [0, 0.1) is 0 Å². The lowest BCUT2D eigenvalue weighted by Gasteiger charge is -2.43. The second-order valence-corrected chi connectivity index (χ2v) is 8.31. The van der Waals surface area contributed by atoms with Crippen molar-refractivity contribution in [1.82, 2.24) is 25.6 Å². The smallest absolute Gasteiger partial charge is 0.333 e. The lowest BCUT2D eigenvalue weighted by Crippen LogP contribution is -2.65. The minimum absolute atomic E-state index is 0.144. The summed E-state index contributed by atoms with van der Waals surface area (Å²) in [7, 11) is 1.58. The number of hydrazine groups is 1. The average molecular weight is 498 g/mol. The largest absolute Gasteiger partial charge is 0.481 e. The third-order valence-electron chi connectivity index (χ3n) is 5.61. The third-order valence-corrected chi connectivity index (χ3v) is 5.61. The molecule has 1 atom stereocenters. The fraction of sp³-hybridized carbons (Fsp3) is 0.360. The molecule has 0 bridgehead atoms. The van der Waals surface area contributed by atoms with Crippen molar-refractivity contribution in [1.29, 1.82) is 0 Å². The first-order chi connectivity index (χ1) is 17.3. The standard InChI is InChI=1S/C25H31N5O6/c1-28-16-22(31)29(18-30(28)25(35)27-15-19-8-4-2-5-9-19)21(14-23(32)33)24(34)26-12-13-36-17-20-10-6-3-7-11-20/h2-11,21H,12-18H2,1H3,(H,26,34)(H,27,35)(H,32,33)/t21-/m0/s1. The summed E-state index contributed by atoms with van der Waals surface area (Å²) >= 11 is 0. The van der Waals surface area contributed by atoms with Crippen LogP contribution in [-0.4, -0.2) is 83.3 Å². The van der Waals surface area contributed by atoms with E-state index in [1.807, 2.05) is 60.7 Å². The maximum absolute atomic E-state index is 12.9. The molecule has 1 heterocycles. The number of ether oxygens (including phenoxy) is 1. The van der Waals surface area contributed by atoms with Gasteiger partial charge in [-0.1, -0.05) is 60.7 Å². The number of nitrogens with one attached hydrogen (secondary N) is 2. The predicted octanol–water partition coefficient (Wildman–Crippen LogP) is 1.02. The monoisotopic (exact) mass is 497 g/mol. The molecule has 11 nitrogen and oxygen atoms in total. The SMILES string of the molecule is CN1CC(=O)N([C@@H](CC(=O)O)C(=O)NCCOCc2ccccc2)CN1C(=O)NCc1ccccc1. The second-order valence-electron chi connectivity index (χ2n) is 8.31. The number of nitrogens with zero attached hydrogens (tertiary/aromatic N) is 3. The number of carboxylic acids is 1. The molecule has 192 valence electrons. The summed E-state index contributed by atoms with van der Waals surface area (Å²) in [6.07, 6.45) is -0.592. The van der Waals surface area contributed by atoms with Gasteiger partial charge < -0.3 is 25.4 Å². The molecule has 3 N–H and O–H groups in total. The third kappa shape index (κ3) is 7.79. The van der Waals surface area contributed by atoms with Crippen LogP contribution in [0.4, 0.5) is 4.79 Å². The van der Waals surface area contributed by atoms with Crippen molar-refractivity contribution in [3.05, 3.63) is 71.8 Å². The Balaban J connectivity index is 1.57. The zero-order valence-corrected chi connectivity index (χ0v) is 20.1. The van der Waals surface area contributed by atoms with E-state index in [9.17, 15) is 24.3 Å². The van der Waals surface area contributed by atoms with Crippen LogP contribution in [-0.2, 0) is 32.3 Å². The van der Waals surface area contributed by atoms with E-state index in [2.05, 4.69) is 10.6 Å². The van der Waals surface area contributed by atoms with Crippen LogP contribution in [0.1, 0.15) is 17.5 Å². The number of carbonyl (C=O) groups is 4. The summed E-state index contributed by atoms with van der Waals surface area (Å²) in [6.45, 7) is 0.573. The number of hydrogen-bond donors (Lipinski definition) is 3. The number of carboxylic acid groups (broad SMARTS) is 1. The highest BCUT2D eigenvalue weighted by Crippen LogP contribution is 2.15. The molecule has 0 aromatic heterocycles. The number of urea groups is 1. The Morgan fingerprint density at radius 2 is 1.64 bits per heavy atom. The molecule has 2 aromatic rings. The molecule has 1 aliphatic heterocycles. The molecule has 0 radical (unpaired) electrons. The molecule has 1 fully saturated rings. The van der Waals surface area contributed by atoms with Crippen LogP contribution >= 0.6 is 0 Å². The van der Waals surface area contributed by atoms with Gasteiger partial charge in [-0.25, -0.2) is 14.8 Å². The van der Waals surface area contributed by atoms with Gasteiger partial charge in [0.05, 0.1) is 26.2 Å². The Hall–Kier alpha value is -3.96. The maximum atomic E-state index is 12.9. The van der Waals surface area contributed by atoms with Crippen LogP contribution in [0.3, 0.4) is 0 Å². The molecular weight excluding hydrogens is 466 g/mol. The van der Waals surface area contributed by atoms with Crippen molar-refractivity contribution in [2.24, 2.45) is 0 Å². The summed E-state index contributed by atoms with van der Waals surface area (Å²) in [6, 6.07) is 17.1. The van der Waals surface area contributed by atoms with Crippen LogP contribution < -0.4 is 10.6 Å². The lowest BCUT2D eigenvalue weighted by molar-refractivity contribution is -0.160. The van der Waals surface area contributed by atoms with Crippen LogP contribution in [0.2, 0.25) is 0 Å². The van der Waals surface area contributed by atoms with Gasteiger partial charge >= 0.3 is 12.0 Å². The maximum Gasteiger partial charge on any atom is 0.333 e. The molecule has 4 amide bonds. The van der Waals surface area contributed by atoms with Crippen molar-refractivity contribution >= 4 is 23.8 Å². The Morgan fingerprint density at radius 3 is 2.28 bits per heavy atom. The number of hydrogen-bond acceptors (Lipinski definition) is 6. The van der Waals surface area contributed by atoms with Crippen molar-refractivity contribution < 1.29 is 29.0 Å². The minimum atomic E-state index is -1.28. The van der Waals surface area contributed by atoms with Gasteiger partial charge in [-0.3, -0.25) is 14.4 Å². The highest BCUT2D eigenvalue weighted by Gasteiger charge is 2.39. The molecule has 3 rings (SSSR count).